The van der Waals surface area contributed by atoms with Crippen LogP contribution < -0.4 is 15.4 Å². The SMILES string of the molecule is O=C(CCC(F)(F)F)N[C@@H](c1cnn2cc([C@@H](NC(=O)c3ncccc3OCC(F)(F)F)C3CCC(F)(F)CC3)nc2c1)C1CC1. The van der Waals surface area contributed by atoms with E-state index in [0.717, 1.165) is 18.9 Å². The number of nitrogens with zero attached hydrogens (tertiary/aromatic N) is 4. The van der Waals surface area contributed by atoms with Crippen molar-refractivity contribution in [2.45, 2.75) is 81.7 Å². The highest BCUT2D eigenvalue weighted by atomic mass is 19.4. The normalized spacial score (nSPS) is 18.6. The zero-order valence-corrected chi connectivity index (χ0v) is 24.2. The van der Waals surface area contributed by atoms with Gasteiger partial charge in [0.15, 0.2) is 23.7 Å². The van der Waals surface area contributed by atoms with E-state index in [4.69, 9.17) is 4.74 Å². The van der Waals surface area contributed by atoms with Crippen LogP contribution in [0.3, 0.4) is 0 Å². The smallest absolute Gasteiger partial charge is 0.422 e. The van der Waals surface area contributed by atoms with Gasteiger partial charge in [-0.2, -0.15) is 31.4 Å². The van der Waals surface area contributed by atoms with Crippen molar-refractivity contribution < 1.29 is 49.4 Å². The molecule has 9 nitrogen and oxygen atoms in total. The average Bonchev–Trinajstić information content (AvgIpc) is 3.74. The van der Waals surface area contributed by atoms with Crippen molar-refractivity contribution in [2.75, 3.05) is 6.61 Å². The van der Waals surface area contributed by atoms with Gasteiger partial charge in [-0.3, -0.25) is 9.59 Å². The first-order valence-corrected chi connectivity index (χ1v) is 14.6. The molecule has 2 saturated carbocycles. The van der Waals surface area contributed by atoms with Crippen LogP contribution in [0.5, 0.6) is 5.75 Å². The molecule has 3 aromatic heterocycles. The zero-order chi connectivity index (χ0) is 33.3. The van der Waals surface area contributed by atoms with Gasteiger partial charge in [-0.1, -0.05) is 0 Å². The highest BCUT2D eigenvalue weighted by Gasteiger charge is 2.40. The maximum atomic E-state index is 14.0. The molecule has 2 N–H and O–H groups in total. The van der Waals surface area contributed by atoms with Gasteiger partial charge in [0, 0.05) is 25.5 Å². The Balaban J connectivity index is 1.40. The van der Waals surface area contributed by atoms with Crippen LogP contribution in [0.4, 0.5) is 35.1 Å². The van der Waals surface area contributed by atoms with Crippen LogP contribution in [-0.2, 0) is 4.79 Å². The topological polar surface area (TPSA) is 111 Å². The van der Waals surface area contributed by atoms with Gasteiger partial charge in [0.05, 0.1) is 36.6 Å². The van der Waals surface area contributed by atoms with E-state index in [1.165, 1.54) is 29.2 Å². The summed E-state index contributed by atoms with van der Waals surface area (Å²) >= 11 is 0. The molecule has 3 aromatic rings. The molecule has 0 spiro atoms. The predicted molar refractivity (Wildman–Crippen MR) is 145 cm³/mol. The number of hydrogen-bond donors (Lipinski definition) is 2. The number of pyridine rings is 1. The second kappa shape index (κ2) is 13.0. The molecule has 0 aromatic carbocycles. The fourth-order valence-corrected chi connectivity index (χ4v) is 5.51. The molecule has 250 valence electrons. The van der Waals surface area contributed by atoms with Gasteiger partial charge >= 0.3 is 12.4 Å². The third-order valence-corrected chi connectivity index (χ3v) is 7.98. The number of halogens is 8. The molecule has 2 aliphatic carbocycles. The Hall–Kier alpha value is -4.05. The third-order valence-electron chi connectivity index (χ3n) is 7.98. The number of amides is 2. The Kier molecular flexibility index (Phi) is 9.40. The molecule has 0 unspecified atom stereocenters. The number of aromatic nitrogens is 4. The van der Waals surface area contributed by atoms with Crippen molar-refractivity contribution in [1.82, 2.24) is 30.2 Å². The second-order valence-corrected chi connectivity index (χ2v) is 11.7. The van der Waals surface area contributed by atoms with Crippen molar-refractivity contribution in [3.05, 3.63) is 53.7 Å². The van der Waals surface area contributed by atoms with E-state index in [9.17, 15) is 44.7 Å². The molecule has 46 heavy (non-hydrogen) atoms. The van der Waals surface area contributed by atoms with Gasteiger partial charge in [-0.25, -0.2) is 23.3 Å². The summed E-state index contributed by atoms with van der Waals surface area (Å²) in [6.45, 7) is -1.66. The number of nitrogens with one attached hydrogen (secondary N) is 2. The summed E-state index contributed by atoms with van der Waals surface area (Å²) in [6, 6.07) is 2.47. The second-order valence-electron chi connectivity index (χ2n) is 11.7. The van der Waals surface area contributed by atoms with Gasteiger partial charge in [0.25, 0.3) is 5.91 Å². The lowest BCUT2D eigenvalue weighted by atomic mass is 9.81. The summed E-state index contributed by atoms with van der Waals surface area (Å²) in [5.74, 6) is -5.50. The van der Waals surface area contributed by atoms with Crippen LogP contribution in [0.1, 0.15) is 85.2 Å². The molecule has 5 rings (SSSR count). The van der Waals surface area contributed by atoms with E-state index in [-0.39, 0.29) is 30.1 Å². The minimum Gasteiger partial charge on any atom is -0.482 e. The summed E-state index contributed by atoms with van der Waals surface area (Å²) in [6.07, 6.45) is -6.39. The number of ether oxygens (including phenoxy) is 1. The molecule has 3 heterocycles. The van der Waals surface area contributed by atoms with Crippen LogP contribution >= 0.6 is 0 Å². The Labute approximate surface area is 257 Å². The third kappa shape index (κ3) is 8.81. The highest BCUT2D eigenvalue weighted by Crippen LogP contribution is 2.43. The van der Waals surface area contributed by atoms with Crippen molar-refractivity contribution >= 4 is 17.5 Å². The first-order valence-electron chi connectivity index (χ1n) is 14.6. The summed E-state index contributed by atoms with van der Waals surface area (Å²) in [4.78, 5) is 34.1. The van der Waals surface area contributed by atoms with Crippen molar-refractivity contribution in [3.8, 4) is 5.75 Å². The van der Waals surface area contributed by atoms with Crippen molar-refractivity contribution in [1.29, 1.82) is 0 Å². The molecule has 2 amide bonds. The van der Waals surface area contributed by atoms with Crippen molar-refractivity contribution in [2.24, 2.45) is 11.8 Å². The molecular formula is C29H30F8N6O3. The first-order chi connectivity index (χ1) is 21.6. The lowest BCUT2D eigenvalue weighted by Crippen LogP contribution is -2.38. The van der Waals surface area contributed by atoms with Gasteiger partial charge in [-0.05, 0) is 61.3 Å². The van der Waals surface area contributed by atoms with Crippen LogP contribution in [0.15, 0.2) is 36.8 Å². The number of carbonyl (C=O) groups is 2. The van der Waals surface area contributed by atoms with Crippen LogP contribution in [0, 0.1) is 11.8 Å². The lowest BCUT2D eigenvalue weighted by Gasteiger charge is -2.33. The maximum absolute atomic E-state index is 14.0. The molecule has 2 atom stereocenters. The van der Waals surface area contributed by atoms with Crippen LogP contribution in [0.25, 0.3) is 5.65 Å². The Morgan fingerprint density at radius 3 is 2.35 bits per heavy atom. The van der Waals surface area contributed by atoms with Gasteiger partial charge in [0.1, 0.15) is 0 Å². The molecule has 0 saturated heterocycles. The summed E-state index contributed by atoms with van der Waals surface area (Å²) in [5.41, 5.74) is 0.565. The van der Waals surface area contributed by atoms with E-state index >= 15 is 0 Å². The number of hydrogen-bond acceptors (Lipinski definition) is 6. The van der Waals surface area contributed by atoms with E-state index in [0.29, 0.717) is 5.56 Å². The number of rotatable bonds is 11. The first kappa shape index (κ1) is 33.3. The number of alkyl halides is 8. The summed E-state index contributed by atoms with van der Waals surface area (Å²) < 4.78 is 110. The molecule has 17 heteroatoms. The zero-order valence-electron chi connectivity index (χ0n) is 24.2. The quantitative estimate of drug-likeness (QED) is 0.234. The Bertz CT molecular complexity index is 1550. The number of fused-ring (bicyclic) bond motifs is 1. The lowest BCUT2D eigenvalue weighted by molar-refractivity contribution is -0.153. The summed E-state index contributed by atoms with van der Waals surface area (Å²) in [7, 11) is 0. The average molecular weight is 663 g/mol. The van der Waals surface area contributed by atoms with Gasteiger partial charge < -0.3 is 15.4 Å². The molecule has 2 aliphatic rings. The van der Waals surface area contributed by atoms with E-state index in [2.05, 4.69) is 25.7 Å². The van der Waals surface area contributed by atoms with E-state index in [1.807, 2.05) is 0 Å². The molecule has 0 radical (unpaired) electrons. The maximum Gasteiger partial charge on any atom is 0.422 e. The Morgan fingerprint density at radius 2 is 1.70 bits per heavy atom. The molecular weight excluding hydrogens is 632 g/mol. The van der Waals surface area contributed by atoms with Gasteiger partial charge in [0.2, 0.25) is 11.8 Å². The fourth-order valence-electron chi connectivity index (χ4n) is 5.51. The highest BCUT2D eigenvalue weighted by molar-refractivity contribution is 5.95. The fraction of sp³-hybridized carbons (Fsp3) is 0.552. The van der Waals surface area contributed by atoms with Crippen LogP contribution in [-0.4, -0.2) is 56.3 Å². The van der Waals surface area contributed by atoms with E-state index < -0.39 is 91.8 Å². The van der Waals surface area contributed by atoms with E-state index in [1.54, 1.807) is 6.07 Å². The van der Waals surface area contributed by atoms with Crippen LogP contribution in [0.2, 0.25) is 0 Å². The monoisotopic (exact) mass is 662 g/mol. The molecule has 2 fully saturated rings. The largest absolute Gasteiger partial charge is 0.482 e. The molecule has 0 bridgehead atoms. The number of carbonyl (C=O) groups excluding carboxylic acids is 2. The van der Waals surface area contributed by atoms with Gasteiger partial charge in [-0.15, -0.1) is 0 Å². The minimum absolute atomic E-state index is 0.00315. The Morgan fingerprint density at radius 1 is 1.00 bits per heavy atom. The molecule has 0 aliphatic heterocycles. The van der Waals surface area contributed by atoms with Crippen molar-refractivity contribution in [3.63, 3.8) is 0 Å². The summed E-state index contributed by atoms with van der Waals surface area (Å²) in [5, 5.41) is 9.69. The standard InChI is InChI=1S/C29H30F8N6O3/c30-27(31)8-5-17(6-9-27)24(42-26(45)25-20(2-1-11-38-25)46-15-29(35,36)37)19-14-43-21(40-19)12-18(13-39-43)23(16-3-4-16)41-22(44)7-10-28(32,33)34/h1-2,11-14,16-17,23-24H,3-10,15H2,(H,41,44)(H,42,45)/t23-,24+/m1/s1. The minimum atomic E-state index is -4.67. The predicted octanol–water partition coefficient (Wildman–Crippen LogP) is 6.27. The number of imidazole rings is 1.